The number of ether oxygens (including phenoxy) is 1. The molecule has 0 spiro atoms. The lowest BCUT2D eigenvalue weighted by atomic mass is 10.00. The molecule has 0 N–H and O–H groups in total. The Labute approximate surface area is 159 Å². The van der Waals surface area contributed by atoms with Gasteiger partial charge in [0.05, 0.1) is 18.1 Å². The molecular weight excluding hydrogens is 363 g/mol. The second kappa shape index (κ2) is 5.38. The summed E-state index contributed by atoms with van der Waals surface area (Å²) in [6.45, 7) is 3.08. The molecule has 0 amide bonds. The number of aromatic nitrogens is 5. The number of hydrogen-bond donors (Lipinski definition) is 0. The van der Waals surface area contributed by atoms with Gasteiger partial charge in [-0.1, -0.05) is 12.1 Å². The van der Waals surface area contributed by atoms with Crippen molar-refractivity contribution >= 4 is 11.7 Å². The minimum absolute atomic E-state index is 0.330. The third-order valence-electron chi connectivity index (χ3n) is 5.56. The first kappa shape index (κ1) is 15.8. The highest BCUT2D eigenvalue weighted by Gasteiger charge is 2.40. The largest absolute Gasteiger partial charge is 0.369 e. The van der Waals surface area contributed by atoms with Crippen molar-refractivity contribution in [2.45, 2.75) is 25.4 Å². The van der Waals surface area contributed by atoms with Gasteiger partial charge in [0.2, 0.25) is 0 Å². The Balaban J connectivity index is 1.44. The van der Waals surface area contributed by atoms with E-state index in [0.717, 1.165) is 42.2 Å². The Bertz CT molecular complexity index is 1110. The highest BCUT2D eigenvalue weighted by Crippen LogP contribution is 2.36. The van der Waals surface area contributed by atoms with Crippen LogP contribution in [0.2, 0.25) is 0 Å². The van der Waals surface area contributed by atoms with E-state index in [1.807, 2.05) is 42.4 Å². The van der Waals surface area contributed by atoms with Gasteiger partial charge in [-0.25, -0.2) is 9.98 Å². The summed E-state index contributed by atoms with van der Waals surface area (Å²) >= 11 is 0. The molecule has 10 heteroatoms. The first-order valence-corrected chi connectivity index (χ1v) is 9.18. The Morgan fingerprint density at radius 3 is 3.00 bits per heavy atom. The maximum Gasteiger partial charge on any atom is 0.295 e. The van der Waals surface area contributed by atoms with Crippen molar-refractivity contribution in [1.82, 2.24) is 24.7 Å². The van der Waals surface area contributed by atoms with Gasteiger partial charge in [0.1, 0.15) is 11.3 Å². The standard InChI is InChI=1S/C18H17FN8O/c1-18(7-4-8-28-18)14-10-24(23-22-14)25-11-21-16-12-5-2-3-6-13(12)26-15(27(16)25)9-20-17(26)19/h2-3,5-6,9-10H,4,7-8,11H2,1H3. The Morgan fingerprint density at radius 1 is 1.25 bits per heavy atom. The number of anilines is 1. The van der Waals surface area contributed by atoms with Gasteiger partial charge in [0.15, 0.2) is 18.3 Å². The highest BCUT2D eigenvalue weighted by molar-refractivity contribution is 6.15. The van der Waals surface area contributed by atoms with E-state index in [1.165, 1.54) is 10.8 Å². The summed E-state index contributed by atoms with van der Waals surface area (Å²) in [5.41, 5.74) is 1.90. The van der Waals surface area contributed by atoms with E-state index in [4.69, 9.17) is 4.74 Å². The fourth-order valence-electron chi connectivity index (χ4n) is 4.09. The van der Waals surface area contributed by atoms with Crippen LogP contribution in [0.25, 0.3) is 5.69 Å². The topological polar surface area (TPSA) is 76.6 Å². The monoisotopic (exact) mass is 380 g/mol. The van der Waals surface area contributed by atoms with Crippen LogP contribution in [0.1, 0.15) is 31.0 Å². The van der Waals surface area contributed by atoms with Crippen molar-refractivity contribution < 1.29 is 9.13 Å². The summed E-state index contributed by atoms with van der Waals surface area (Å²) in [4.78, 5) is 10.2. The minimum Gasteiger partial charge on any atom is -0.369 e. The number of nitrogens with zero attached hydrogens (tertiary/aromatic N) is 8. The average molecular weight is 380 g/mol. The maximum atomic E-state index is 14.5. The van der Waals surface area contributed by atoms with Gasteiger partial charge < -0.3 is 4.74 Å². The number of hydrazine groups is 1. The van der Waals surface area contributed by atoms with Gasteiger partial charge in [0.25, 0.3) is 6.08 Å². The lowest BCUT2D eigenvalue weighted by Crippen LogP contribution is -2.51. The van der Waals surface area contributed by atoms with Crippen molar-refractivity contribution in [2.24, 2.45) is 4.99 Å². The zero-order valence-corrected chi connectivity index (χ0v) is 15.2. The Hall–Kier alpha value is -3.27. The molecule has 28 heavy (non-hydrogen) atoms. The van der Waals surface area contributed by atoms with Crippen LogP contribution in [0, 0.1) is 6.08 Å². The molecule has 0 bridgehead atoms. The van der Waals surface area contributed by atoms with Gasteiger partial charge in [-0.3, -0.25) is 4.57 Å². The average Bonchev–Trinajstić information content (AvgIpc) is 3.47. The molecule has 1 saturated heterocycles. The summed E-state index contributed by atoms with van der Waals surface area (Å²) in [5, 5.41) is 12.2. The molecule has 0 radical (unpaired) electrons. The fourth-order valence-corrected chi connectivity index (χ4v) is 4.09. The number of halogens is 1. The van der Waals surface area contributed by atoms with E-state index in [0.29, 0.717) is 12.5 Å². The highest BCUT2D eigenvalue weighted by atomic mass is 19.1. The van der Waals surface area contributed by atoms with Crippen molar-refractivity contribution in [3.8, 4) is 5.69 Å². The molecule has 6 rings (SSSR count). The number of benzene rings is 1. The summed E-state index contributed by atoms with van der Waals surface area (Å²) in [5.74, 6) is 1.29. The Morgan fingerprint density at radius 2 is 2.14 bits per heavy atom. The van der Waals surface area contributed by atoms with Gasteiger partial charge >= 0.3 is 0 Å². The smallest absolute Gasteiger partial charge is 0.295 e. The molecule has 3 aliphatic heterocycles. The van der Waals surface area contributed by atoms with Crippen LogP contribution in [0.5, 0.6) is 0 Å². The summed E-state index contributed by atoms with van der Waals surface area (Å²) in [7, 11) is 0. The van der Waals surface area contributed by atoms with Crippen LogP contribution in [0.4, 0.5) is 10.2 Å². The third-order valence-corrected chi connectivity index (χ3v) is 5.56. The molecule has 5 heterocycles. The van der Waals surface area contributed by atoms with E-state index in [9.17, 15) is 4.39 Å². The van der Waals surface area contributed by atoms with Crippen LogP contribution in [-0.2, 0) is 10.3 Å². The number of amidine groups is 1. The second-order valence-electron chi connectivity index (χ2n) is 7.25. The second-order valence-corrected chi connectivity index (χ2v) is 7.25. The van der Waals surface area contributed by atoms with Crippen molar-refractivity contribution in [1.29, 1.82) is 0 Å². The molecule has 142 valence electrons. The number of aliphatic imine (C=N–C) groups is 1. The van der Waals surface area contributed by atoms with E-state index < -0.39 is 11.7 Å². The number of fused-ring (bicyclic) bond motifs is 6. The summed E-state index contributed by atoms with van der Waals surface area (Å²) < 4.78 is 21.8. The van der Waals surface area contributed by atoms with Gasteiger partial charge in [0, 0.05) is 12.2 Å². The number of imidazole rings is 1. The zero-order valence-electron chi connectivity index (χ0n) is 15.2. The molecule has 3 aliphatic rings. The molecule has 3 aromatic rings. The predicted molar refractivity (Wildman–Crippen MR) is 98.2 cm³/mol. The van der Waals surface area contributed by atoms with Crippen LogP contribution in [0.3, 0.4) is 0 Å². The van der Waals surface area contributed by atoms with Crippen LogP contribution in [0.15, 0.2) is 41.7 Å². The van der Waals surface area contributed by atoms with Crippen molar-refractivity contribution in [2.75, 3.05) is 23.4 Å². The van der Waals surface area contributed by atoms with Crippen LogP contribution >= 0.6 is 0 Å². The molecular formula is C18H17FN8O. The normalized spacial score (nSPS) is 22.9. The maximum absolute atomic E-state index is 14.5. The van der Waals surface area contributed by atoms with Crippen molar-refractivity contribution in [3.63, 3.8) is 0 Å². The molecule has 9 nitrogen and oxygen atoms in total. The predicted octanol–water partition coefficient (Wildman–Crippen LogP) is 1.72. The summed E-state index contributed by atoms with van der Waals surface area (Å²) in [6.07, 6.45) is 4.68. The van der Waals surface area contributed by atoms with E-state index >= 15 is 0 Å². The van der Waals surface area contributed by atoms with Crippen molar-refractivity contribution in [3.05, 3.63) is 54.0 Å². The first-order chi connectivity index (χ1) is 13.7. The minimum atomic E-state index is -0.570. The third kappa shape index (κ3) is 1.97. The number of para-hydroxylation sites is 1. The first-order valence-electron chi connectivity index (χ1n) is 9.18. The van der Waals surface area contributed by atoms with E-state index in [-0.39, 0.29) is 0 Å². The molecule has 0 aliphatic carbocycles. The molecule has 1 unspecified atom stereocenters. The summed E-state index contributed by atoms with van der Waals surface area (Å²) in [6, 6.07) is 7.57. The van der Waals surface area contributed by atoms with Gasteiger partial charge in [-0.05, 0) is 37.1 Å². The SMILES string of the molecule is CC1(c2cn(N3CN=C4c5ccccc5-n5c(cnc5F)N43)nn2)CCCO1. The lowest BCUT2D eigenvalue weighted by Gasteiger charge is -2.34. The number of rotatable bonds is 2. The number of hydrogen-bond acceptors (Lipinski definition) is 7. The quantitative estimate of drug-likeness (QED) is 0.674. The molecule has 1 atom stereocenters. The zero-order chi connectivity index (χ0) is 18.9. The fraction of sp³-hybridized carbons (Fsp3) is 0.333. The van der Waals surface area contributed by atoms with E-state index in [1.54, 1.807) is 9.91 Å². The Kier molecular flexibility index (Phi) is 3.03. The molecule has 1 aromatic carbocycles. The molecule has 1 fully saturated rings. The van der Waals surface area contributed by atoms with E-state index in [2.05, 4.69) is 20.3 Å². The molecule has 0 saturated carbocycles. The van der Waals surface area contributed by atoms with Gasteiger partial charge in [-0.2, -0.15) is 14.5 Å². The van der Waals surface area contributed by atoms with Gasteiger partial charge in [-0.15, -0.1) is 9.89 Å². The lowest BCUT2D eigenvalue weighted by molar-refractivity contribution is 0.0131. The van der Waals surface area contributed by atoms with Crippen LogP contribution in [-0.4, -0.2) is 43.8 Å². The molecule has 2 aromatic heterocycles. The van der Waals surface area contributed by atoms with Crippen LogP contribution < -0.4 is 10.1 Å².